The van der Waals surface area contributed by atoms with E-state index in [9.17, 15) is 19.5 Å². The summed E-state index contributed by atoms with van der Waals surface area (Å²) in [5, 5.41) is 14.7. The minimum Gasteiger partial charge on any atom is -0.480 e. The molecule has 1 heterocycles. The number of alkyl carbamates (subject to hydrolysis) is 1. The quantitative estimate of drug-likeness (QED) is 0.699. The van der Waals surface area contributed by atoms with Gasteiger partial charge in [-0.3, -0.25) is 4.79 Å². The lowest BCUT2D eigenvalue weighted by Gasteiger charge is -2.36. The van der Waals surface area contributed by atoms with Crippen molar-refractivity contribution in [1.82, 2.24) is 10.6 Å². The topological polar surface area (TPSA) is 105 Å². The lowest BCUT2D eigenvalue weighted by molar-refractivity contribution is -0.149. The van der Waals surface area contributed by atoms with Gasteiger partial charge in [-0.15, -0.1) is 0 Å². The van der Waals surface area contributed by atoms with E-state index in [1.54, 1.807) is 11.8 Å². The number of carbonyl (C=O) groups is 3. The van der Waals surface area contributed by atoms with Crippen LogP contribution in [0, 0.1) is 0 Å². The van der Waals surface area contributed by atoms with Crippen molar-refractivity contribution in [2.24, 2.45) is 0 Å². The third kappa shape index (κ3) is 5.14. The summed E-state index contributed by atoms with van der Waals surface area (Å²) < 4.78 is 5.13. The molecule has 2 rings (SSSR count). The van der Waals surface area contributed by atoms with Crippen molar-refractivity contribution in [2.75, 3.05) is 11.5 Å². The van der Waals surface area contributed by atoms with Gasteiger partial charge in [-0.05, 0) is 43.8 Å². The minimum absolute atomic E-state index is 0.0840. The molecule has 2 amide bonds. The van der Waals surface area contributed by atoms with Gasteiger partial charge in [0.05, 0.1) is 0 Å². The van der Waals surface area contributed by atoms with Crippen LogP contribution in [0.3, 0.4) is 0 Å². The molecular formula is C18H24N2O5S. The second-order valence-corrected chi connectivity index (χ2v) is 7.99. The van der Waals surface area contributed by atoms with E-state index in [4.69, 9.17) is 4.74 Å². The molecule has 1 aliphatic rings. The monoisotopic (exact) mass is 380 g/mol. The zero-order valence-corrected chi connectivity index (χ0v) is 15.7. The molecule has 0 unspecified atom stereocenters. The molecule has 1 aromatic rings. The van der Waals surface area contributed by atoms with Crippen LogP contribution in [0.5, 0.6) is 0 Å². The highest BCUT2D eigenvalue weighted by Crippen LogP contribution is 2.28. The van der Waals surface area contributed by atoms with Crippen molar-refractivity contribution < 1.29 is 24.2 Å². The van der Waals surface area contributed by atoms with E-state index in [0.29, 0.717) is 24.3 Å². The Morgan fingerprint density at radius 3 is 2.38 bits per heavy atom. The molecule has 26 heavy (non-hydrogen) atoms. The van der Waals surface area contributed by atoms with Gasteiger partial charge in [0.1, 0.15) is 17.7 Å². The van der Waals surface area contributed by atoms with Crippen molar-refractivity contribution in [3.05, 3.63) is 35.9 Å². The number of amides is 2. The molecular weight excluding hydrogens is 356 g/mol. The number of carboxylic acid groups (broad SMARTS) is 1. The van der Waals surface area contributed by atoms with Gasteiger partial charge >= 0.3 is 12.1 Å². The number of ether oxygens (including phenoxy) is 1. The standard InChI is InChI=1S/C18H24N2O5S/c1-17(2,20-16(24)25-12-13-6-4-3-5-7-13)14(21)19-18(15(22)23)8-10-26-11-9-18/h3-7H,8-12H2,1-2H3,(H,19,21)(H,20,24)(H,22,23). The Kier molecular flexibility index (Phi) is 6.52. The van der Waals surface area contributed by atoms with Crippen molar-refractivity contribution in [1.29, 1.82) is 0 Å². The summed E-state index contributed by atoms with van der Waals surface area (Å²) in [6.45, 7) is 3.11. The van der Waals surface area contributed by atoms with Gasteiger partial charge in [-0.1, -0.05) is 30.3 Å². The number of carbonyl (C=O) groups excluding carboxylic acids is 2. The highest BCUT2D eigenvalue weighted by Gasteiger charge is 2.44. The third-order valence-electron chi connectivity index (χ3n) is 4.30. The van der Waals surface area contributed by atoms with Crippen LogP contribution in [0.1, 0.15) is 32.3 Å². The van der Waals surface area contributed by atoms with E-state index in [0.717, 1.165) is 5.56 Å². The number of carboxylic acids is 1. The van der Waals surface area contributed by atoms with E-state index in [1.165, 1.54) is 13.8 Å². The first-order valence-electron chi connectivity index (χ1n) is 8.38. The van der Waals surface area contributed by atoms with Crippen molar-refractivity contribution in [3.63, 3.8) is 0 Å². The maximum absolute atomic E-state index is 12.6. The SMILES string of the molecule is CC(C)(NC(=O)OCc1ccccc1)C(=O)NC1(C(=O)O)CCSCC1. The number of nitrogens with one attached hydrogen (secondary N) is 2. The first kappa shape index (κ1) is 20.1. The normalized spacial score (nSPS) is 16.4. The van der Waals surface area contributed by atoms with E-state index >= 15 is 0 Å². The maximum atomic E-state index is 12.6. The summed E-state index contributed by atoms with van der Waals surface area (Å²) in [4.78, 5) is 36.3. The summed E-state index contributed by atoms with van der Waals surface area (Å²) in [5.41, 5.74) is -1.76. The number of thioether (sulfide) groups is 1. The average Bonchev–Trinajstić information content (AvgIpc) is 2.61. The maximum Gasteiger partial charge on any atom is 0.408 e. The zero-order chi connectivity index (χ0) is 19.2. The molecule has 1 fully saturated rings. The van der Waals surface area contributed by atoms with E-state index in [2.05, 4.69) is 10.6 Å². The summed E-state index contributed by atoms with van der Waals surface area (Å²) in [6, 6.07) is 9.17. The first-order chi connectivity index (χ1) is 12.3. The summed E-state index contributed by atoms with van der Waals surface area (Å²) in [6.07, 6.45) is -0.0295. The van der Waals surface area contributed by atoms with E-state index in [1.807, 2.05) is 30.3 Å². The lowest BCUT2D eigenvalue weighted by atomic mass is 9.90. The minimum atomic E-state index is -1.30. The van der Waals surface area contributed by atoms with Crippen LogP contribution in [-0.4, -0.2) is 45.7 Å². The highest BCUT2D eigenvalue weighted by molar-refractivity contribution is 7.99. The Bertz CT molecular complexity index is 657. The predicted molar refractivity (Wildman–Crippen MR) is 98.9 cm³/mol. The van der Waals surface area contributed by atoms with Crippen LogP contribution in [0.4, 0.5) is 4.79 Å². The molecule has 1 aliphatic heterocycles. The third-order valence-corrected chi connectivity index (χ3v) is 5.29. The number of rotatable bonds is 6. The zero-order valence-electron chi connectivity index (χ0n) is 14.9. The summed E-state index contributed by atoms with van der Waals surface area (Å²) in [5.74, 6) is -0.267. The Morgan fingerprint density at radius 1 is 1.19 bits per heavy atom. The molecule has 1 saturated heterocycles. The van der Waals surface area contributed by atoms with Crippen molar-refractivity contribution >= 4 is 29.7 Å². The molecule has 0 aliphatic carbocycles. The summed E-state index contributed by atoms with van der Waals surface area (Å²) >= 11 is 1.66. The number of hydrogen-bond acceptors (Lipinski definition) is 5. The molecule has 0 atom stereocenters. The molecule has 8 heteroatoms. The Morgan fingerprint density at radius 2 is 1.81 bits per heavy atom. The van der Waals surface area contributed by atoms with Gasteiger partial charge in [-0.2, -0.15) is 11.8 Å². The van der Waals surface area contributed by atoms with Gasteiger partial charge in [0.25, 0.3) is 0 Å². The van der Waals surface area contributed by atoms with Gasteiger partial charge in [0.2, 0.25) is 5.91 Å². The van der Waals surface area contributed by atoms with Crippen LogP contribution in [0.2, 0.25) is 0 Å². The summed E-state index contributed by atoms with van der Waals surface area (Å²) in [7, 11) is 0. The molecule has 0 radical (unpaired) electrons. The average molecular weight is 380 g/mol. The Hall–Kier alpha value is -2.22. The van der Waals surface area contributed by atoms with Gasteiger partial charge < -0.3 is 20.5 Å². The van der Waals surface area contributed by atoms with Crippen LogP contribution in [-0.2, 0) is 20.9 Å². The van der Waals surface area contributed by atoms with Crippen LogP contribution in [0.25, 0.3) is 0 Å². The Labute approximate surface area is 156 Å². The molecule has 1 aromatic carbocycles. The van der Waals surface area contributed by atoms with Gasteiger partial charge in [0, 0.05) is 0 Å². The lowest BCUT2D eigenvalue weighted by Crippen LogP contribution is -2.64. The number of hydrogen-bond donors (Lipinski definition) is 3. The molecule has 0 bridgehead atoms. The second kappa shape index (κ2) is 8.44. The molecule has 7 nitrogen and oxygen atoms in total. The van der Waals surface area contributed by atoms with Crippen LogP contribution in [0.15, 0.2) is 30.3 Å². The van der Waals surface area contributed by atoms with Crippen molar-refractivity contribution in [2.45, 2.75) is 44.4 Å². The van der Waals surface area contributed by atoms with Crippen LogP contribution < -0.4 is 10.6 Å². The molecule has 0 aromatic heterocycles. The second-order valence-electron chi connectivity index (χ2n) is 6.77. The molecule has 0 saturated carbocycles. The van der Waals surface area contributed by atoms with E-state index < -0.39 is 29.0 Å². The first-order valence-corrected chi connectivity index (χ1v) is 9.53. The highest BCUT2D eigenvalue weighted by atomic mass is 32.2. The fourth-order valence-corrected chi connectivity index (χ4v) is 3.75. The molecule has 0 spiro atoms. The number of benzene rings is 1. The molecule has 3 N–H and O–H groups in total. The van der Waals surface area contributed by atoms with E-state index in [-0.39, 0.29) is 6.61 Å². The smallest absolute Gasteiger partial charge is 0.408 e. The van der Waals surface area contributed by atoms with Crippen LogP contribution >= 0.6 is 11.8 Å². The fourth-order valence-electron chi connectivity index (χ4n) is 2.56. The predicted octanol–water partition coefficient (Wildman–Crippen LogP) is 2.16. The van der Waals surface area contributed by atoms with Gasteiger partial charge in [-0.25, -0.2) is 9.59 Å². The largest absolute Gasteiger partial charge is 0.480 e. The Balaban J connectivity index is 1.93. The van der Waals surface area contributed by atoms with Gasteiger partial charge in [0.15, 0.2) is 0 Å². The number of aliphatic carboxylic acids is 1. The molecule has 142 valence electrons. The van der Waals surface area contributed by atoms with Crippen molar-refractivity contribution in [3.8, 4) is 0 Å². The fraction of sp³-hybridized carbons (Fsp3) is 0.500.